The zero-order valence-corrected chi connectivity index (χ0v) is 8.82. The Labute approximate surface area is 86.1 Å². The molecule has 0 saturated carbocycles. The van der Waals surface area contributed by atoms with Crippen molar-refractivity contribution >= 4 is 6.41 Å². The van der Waals surface area contributed by atoms with Crippen LogP contribution in [0.4, 0.5) is 0 Å². The molecule has 0 spiro atoms. The molecule has 2 rings (SSSR count). The second-order valence-corrected chi connectivity index (χ2v) is 4.50. The van der Waals surface area contributed by atoms with E-state index in [0.717, 1.165) is 19.5 Å². The van der Waals surface area contributed by atoms with Gasteiger partial charge in [0.25, 0.3) is 0 Å². The van der Waals surface area contributed by atoms with Crippen LogP contribution in [0.5, 0.6) is 0 Å². The molecule has 0 aliphatic carbocycles. The first-order valence-corrected chi connectivity index (χ1v) is 5.83. The van der Waals surface area contributed by atoms with Gasteiger partial charge in [0, 0.05) is 19.1 Å². The smallest absolute Gasteiger partial charge is 0.209 e. The van der Waals surface area contributed by atoms with E-state index in [1.807, 2.05) is 4.90 Å². The molecule has 3 heteroatoms. The van der Waals surface area contributed by atoms with E-state index in [2.05, 4.69) is 4.90 Å². The van der Waals surface area contributed by atoms with Crippen molar-refractivity contribution in [1.29, 1.82) is 0 Å². The number of amides is 1. The van der Waals surface area contributed by atoms with Crippen LogP contribution >= 0.6 is 0 Å². The molecule has 0 aromatic rings. The van der Waals surface area contributed by atoms with Crippen molar-refractivity contribution < 1.29 is 4.79 Å². The SMILES string of the molecule is O=CN1CCCCC1CN1CCCC1. The average Bonchev–Trinajstić information content (AvgIpc) is 2.71. The van der Waals surface area contributed by atoms with Crippen molar-refractivity contribution in [2.24, 2.45) is 0 Å². The molecule has 80 valence electrons. The molecule has 0 aromatic carbocycles. The highest BCUT2D eigenvalue weighted by atomic mass is 16.1. The van der Waals surface area contributed by atoms with Crippen LogP contribution in [0.15, 0.2) is 0 Å². The maximum Gasteiger partial charge on any atom is 0.209 e. The molecule has 2 heterocycles. The van der Waals surface area contributed by atoms with Gasteiger partial charge in [-0.2, -0.15) is 0 Å². The minimum absolute atomic E-state index is 0.499. The summed E-state index contributed by atoms with van der Waals surface area (Å²) in [5, 5.41) is 0. The van der Waals surface area contributed by atoms with Crippen molar-refractivity contribution in [3.05, 3.63) is 0 Å². The first-order valence-electron chi connectivity index (χ1n) is 5.83. The van der Waals surface area contributed by atoms with Crippen LogP contribution in [0, 0.1) is 0 Å². The minimum Gasteiger partial charge on any atom is -0.341 e. The van der Waals surface area contributed by atoms with Crippen molar-refractivity contribution in [1.82, 2.24) is 9.80 Å². The highest BCUT2D eigenvalue weighted by molar-refractivity contribution is 5.48. The molecule has 0 aromatic heterocycles. The Balaban J connectivity index is 1.83. The van der Waals surface area contributed by atoms with Crippen molar-refractivity contribution in [3.8, 4) is 0 Å². The van der Waals surface area contributed by atoms with Gasteiger partial charge in [-0.1, -0.05) is 0 Å². The summed E-state index contributed by atoms with van der Waals surface area (Å²) in [7, 11) is 0. The second-order valence-electron chi connectivity index (χ2n) is 4.50. The lowest BCUT2D eigenvalue weighted by atomic mass is 10.0. The molecule has 0 bridgehead atoms. The van der Waals surface area contributed by atoms with Crippen molar-refractivity contribution in [3.63, 3.8) is 0 Å². The lowest BCUT2D eigenvalue weighted by Gasteiger charge is -2.35. The third-order valence-corrected chi connectivity index (χ3v) is 3.48. The molecular weight excluding hydrogens is 176 g/mol. The van der Waals surface area contributed by atoms with Crippen LogP contribution in [0.1, 0.15) is 32.1 Å². The zero-order valence-electron chi connectivity index (χ0n) is 8.82. The lowest BCUT2D eigenvalue weighted by Crippen LogP contribution is -2.45. The van der Waals surface area contributed by atoms with Crippen molar-refractivity contribution in [2.75, 3.05) is 26.2 Å². The Kier molecular flexibility index (Phi) is 3.40. The summed E-state index contributed by atoms with van der Waals surface area (Å²) in [6.45, 7) is 4.56. The first-order chi connectivity index (χ1) is 6.90. The number of piperidine rings is 1. The molecule has 14 heavy (non-hydrogen) atoms. The van der Waals surface area contributed by atoms with Gasteiger partial charge in [0.15, 0.2) is 0 Å². The van der Waals surface area contributed by atoms with E-state index in [4.69, 9.17) is 0 Å². The van der Waals surface area contributed by atoms with Crippen molar-refractivity contribution in [2.45, 2.75) is 38.1 Å². The molecule has 2 aliphatic heterocycles. The summed E-state index contributed by atoms with van der Waals surface area (Å²) in [6.07, 6.45) is 7.41. The van der Waals surface area contributed by atoms with E-state index >= 15 is 0 Å². The predicted molar refractivity (Wildman–Crippen MR) is 56.1 cm³/mol. The molecule has 2 fully saturated rings. The maximum absolute atomic E-state index is 10.9. The Bertz CT molecular complexity index is 190. The molecule has 1 atom stereocenters. The van der Waals surface area contributed by atoms with Gasteiger partial charge in [-0.3, -0.25) is 4.79 Å². The molecule has 0 N–H and O–H groups in total. The molecule has 2 aliphatic rings. The van der Waals surface area contributed by atoms with Gasteiger partial charge in [-0.25, -0.2) is 0 Å². The average molecular weight is 196 g/mol. The molecule has 3 nitrogen and oxygen atoms in total. The van der Waals surface area contributed by atoms with E-state index in [1.165, 1.54) is 45.2 Å². The normalized spacial score (nSPS) is 29.4. The fourth-order valence-electron chi connectivity index (χ4n) is 2.62. The number of carbonyl (C=O) groups excluding carboxylic acids is 1. The maximum atomic E-state index is 10.9. The number of carbonyl (C=O) groups is 1. The molecule has 0 radical (unpaired) electrons. The van der Waals surface area contributed by atoms with Gasteiger partial charge < -0.3 is 9.80 Å². The van der Waals surface area contributed by atoms with Gasteiger partial charge in [-0.05, 0) is 45.2 Å². The van der Waals surface area contributed by atoms with Crippen LogP contribution < -0.4 is 0 Å². The summed E-state index contributed by atoms with van der Waals surface area (Å²) in [6, 6.07) is 0.499. The molecule has 1 unspecified atom stereocenters. The van der Waals surface area contributed by atoms with E-state index in [1.54, 1.807) is 0 Å². The molecule has 1 amide bonds. The van der Waals surface area contributed by atoms with Crippen LogP contribution in [0.2, 0.25) is 0 Å². The number of rotatable bonds is 3. The first kappa shape index (κ1) is 9.97. The summed E-state index contributed by atoms with van der Waals surface area (Å²) in [5.74, 6) is 0. The highest BCUT2D eigenvalue weighted by Crippen LogP contribution is 2.18. The summed E-state index contributed by atoms with van der Waals surface area (Å²) in [5.41, 5.74) is 0. The standard InChI is InChI=1S/C11H20N2O/c14-10-13-8-2-1-5-11(13)9-12-6-3-4-7-12/h10-11H,1-9H2. The van der Waals surface area contributed by atoms with Crippen LogP contribution in [0.25, 0.3) is 0 Å². The summed E-state index contributed by atoms with van der Waals surface area (Å²) >= 11 is 0. The van der Waals surface area contributed by atoms with E-state index in [9.17, 15) is 4.79 Å². The zero-order chi connectivity index (χ0) is 9.80. The summed E-state index contributed by atoms with van der Waals surface area (Å²) in [4.78, 5) is 15.4. The Hall–Kier alpha value is -0.570. The number of likely N-dealkylation sites (tertiary alicyclic amines) is 2. The summed E-state index contributed by atoms with van der Waals surface area (Å²) < 4.78 is 0. The minimum atomic E-state index is 0.499. The van der Waals surface area contributed by atoms with E-state index in [0.29, 0.717) is 6.04 Å². The second kappa shape index (κ2) is 4.78. The monoisotopic (exact) mass is 196 g/mol. The van der Waals surface area contributed by atoms with Gasteiger partial charge in [-0.15, -0.1) is 0 Å². The van der Waals surface area contributed by atoms with Crippen LogP contribution in [-0.4, -0.2) is 48.4 Å². The quantitative estimate of drug-likeness (QED) is 0.631. The number of hydrogen-bond donors (Lipinski definition) is 0. The fraction of sp³-hybridized carbons (Fsp3) is 0.909. The third-order valence-electron chi connectivity index (χ3n) is 3.48. The number of nitrogens with zero attached hydrogens (tertiary/aromatic N) is 2. The number of hydrogen-bond acceptors (Lipinski definition) is 2. The third kappa shape index (κ3) is 2.27. The predicted octanol–water partition coefficient (Wildman–Crippen LogP) is 1.09. The molecular formula is C11H20N2O. The van der Waals surface area contributed by atoms with Crippen LogP contribution in [-0.2, 0) is 4.79 Å². The van der Waals surface area contributed by atoms with Gasteiger partial charge in [0.2, 0.25) is 6.41 Å². The Morgan fingerprint density at radius 1 is 1.07 bits per heavy atom. The Morgan fingerprint density at radius 2 is 1.79 bits per heavy atom. The molecule has 2 saturated heterocycles. The largest absolute Gasteiger partial charge is 0.341 e. The topological polar surface area (TPSA) is 23.6 Å². The van der Waals surface area contributed by atoms with Gasteiger partial charge in [0.1, 0.15) is 0 Å². The lowest BCUT2D eigenvalue weighted by molar-refractivity contribution is -0.121. The van der Waals surface area contributed by atoms with Crippen LogP contribution in [0.3, 0.4) is 0 Å². The van der Waals surface area contributed by atoms with Gasteiger partial charge >= 0.3 is 0 Å². The van der Waals surface area contributed by atoms with E-state index in [-0.39, 0.29) is 0 Å². The van der Waals surface area contributed by atoms with E-state index < -0.39 is 0 Å². The van der Waals surface area contributed by atoms with Gasteiger partial charge in [0.05, 0.1) is 0 Å². The Morgan fingerprint density at radius 3 is 2.50 bits per heavy atom. The fourth-order valence-corrected chi connectivity index (χ4v) is 2.62. The highest BCUT2D eigenvalue weighted by Gasteiger charge is 2.24.